The van der Waals surface area contributed by atoms with Crippen molar-refractivity contribution in [2.45, 2.75) is 32.7 Å². The molecule has 1 aliphatic rings. The lowest BCUT2D eigenvalue weighted by molar-refractivity contribution is 0.188. The van der Waals surface area contributed by atoms with Crippen LogP contribution in [0, 0.1) is 5.41 Å². The molecule has 1 aromatic rings. The molecule has 1 aromatic heterocycles. The molecule has 1 atom stereocenters. The van der Waals surface area contributed by atoms with Crippen LogP contribution < -0.4 is 10.6 Å². The Morgan fingerprint density at radius 3 is 3.20 bits per heavy atom. The van der Waals surface area contributed by atoms with Gasteiger partial charge in [0.15, 0.2) is 0 Å². The van der Waals surface area contributed by atoms with Gasteiger partial charge in [0.25, 0.3) is 0 Å². The van der Waals surface area contributed by atoms with Crippen molar-refractivity contribution in [3.63, 3.8) is 0 Å². The summed E-state index contributed by atoms with van der Waals surface area (Å²) in [5.41, 5.74) is 0.371. The molecule has 1 aliphatic heterocycles. The minimum atomic E-state index is 0.371. The summed E-state index contributed by atoms with van der Waals surface area (Å²) in [4.78, 5) is 4.12. The van der Waals surface area contributed by atoms with Crippen molar-refractivity contribution in [2.75, 3.05) is 18.4 Å². The van der Waals surface area contributed by atoms with E-state index in [1.165, 1.54) is 24.4 Å². The van der Waals surface area contributed by atoms with Crippen LogP contribution in [0.15, 0.2) is 6.33 Å². The summed E-state index contributed by atoms with van der Waals surface area (Å²) in [6.45, 7) is 6.71. The number of hydrogen-bond donors (Lipinski definition) is 2. The summed E-state index contributed by atoms with van der Waals surface area (Å²) in [7, 11) is 0. The number of nitrogens with one attached hydrogen (secondary N) is 2. The van der Waals surface area contributed by atoms with E-state index in [-0.39, 0.29) is 0 Å². The molecule has 5 heteroatoms. The van der Waals surface area contributed by atoms with E-state index in [4.69, 9.17) is 0 Å². The number of hydrogen-bond acceptors (Lipinski definition) is 5. The maximum atomic E-state index is 4.12. The molecule has 15 heavy (non-hydrogen) atoms. The van der Waals surface area contributed by atoms with Crippen LogP contribution in [-0.4, -0.2) is 28.5 Å². The monoisotopic (exact) mass is 226 g/mol. The zero-order valence-electron chi connectivity index (χ0n) is 9.29. The second-order valence-corrected chi connectivity index (χ2v) is 5.51. The largest absolute Gasteiger partial charge is 0.359 e. The molecule has 2 rings (SSSR count). The van der Waals surface area contributed by atoms with Gasteiger partial charge in [0, 0.05) is 24.1 Å². The van der Waals surface area contributed by atoms with Crippen LogP contribution in [0.1, 0.15) is 26.7 Å². The van der Waals surface area contributed by atoms with Gasteiger partial charge >= 0.3 is 0 Å². The molecule has 4 nitrogen and oxygen atoms in total. The molecular weight excluding hydrogens is 208 g/mol. The Hall–Kier alpha value is -0.680. The summed E-state index contributed by atoms with van der Waals surface area (Å²) < 4.78 is 3.97. The van der Waals surface area contributed by atoms with E-state index < -0.39 is 0 Å². The van der Waals surface area contributed by atoms with Gasteiger partial charge in [-0.1, -0.05) is 13.8 Å². The average molecular weight is 226 g/mol. The predicted octanol–water partition coefficient (Wildman–Crippen LogP) is 1.73. The standard InChI is InChI=1S/C10H18N4S/c1-10(2)4-3-5-11-8(10)6-12-9-13-7-14-15-9/h7-8,11H,3-6H2,1-2H3,(H,12,13,14). The van der Waals surface area contributed by atoms with Crippen molar-refractivity contribution >= 4 is 16.7 Å². The highest BCUT2D eigenvalue weighted by Gasteiger charge is 2.31. The minimum Gasteiger partial charge on any atom is -0.359 e. The van der Waals surface area contributed by atoms with Crippen LogP contribution in [0.3, 0.4) is 0 Å². The third kappa shape index (κ3) is 2.66. The Morgan fingerprint density at radius 2 is 2.53 bits per heavy atom. The molecule has 84 valence electrons. The third-order valence-electron chi connectivity index (χ3n) is 3.15. The number of nitrogens with zero attached hydrogens (tertiary/aromatic N) is 2. The molecule has 2 heterocycles. The fourth-order valence-electron chi connectivity index (χ4n) is 2.06. The van der Waals surface area contributed by atoms with Crippen molar-refractivity contribution in [2.24, 2.45) is 5.41 Å². The van der Waals surface area contributed by atoms with Crippen molar-refractivity contribution in [1.29, 1.82) is 0 Å². The van der Waals surface area contributed by atoms with Crippen LogP contribution in [0.25, 0.3) is 0 Å². The highest BCUT2D eigenvalue weighted by molar-refractivity contribution is 7.09. The molecule has 0 aromatic carbocycles. The SMILES string of the molecule is CC1(C)CCCNC1CNc1ncns1. The zero-order chi connectivity index (χ0) is 10.7. The summed E-state index contributed by atoms with van der Waals surface area (Å²) in [6.07, 6.45) is 4.16. The molecule has 0 saturated carbocycles. The summed E-state index contributed by atoms with van der Waals surface area (Å²) >= 11 is 1.41. The van der Waals surface area contributed by atoms with Gasteiger partial charge in [-0.2, -0.15) is 4.37 Å². The Morgan fingerprint density at radius 1 is 1.67 bits per heavy atom. The van der Waals surface area contributed by atoms with E-state index in [1.807, 2.05) is 0 Å². The quantitative estimate of drug-likeness (QED) is 0.824. The second-order valence-electron chi connectivity index (χ2n) is 4.73. The van der Waals surface area contributed by atoms with Gasteiger partial charge in [0.1, 0.15) is 6.33 Å². The maximum Gasteiger partial charge on any atom is 0.202 e. The smallest absolute Gasteiger partial charge is 0.202 e. The highest BCUT2D eigenvalue weighted by atomic mass is 32.1. The van der Waals surface area contributed by atoms with Crippen LogP contribution in [0.5, 0.6) is 0 Å². The number of anilines is 1. The Labute approximate surface area is 94.7 Å². The first-order valence-corrected chi connectivity index (χ1v) is 6.20. The maximum absolute atomic E-state index is 4.12. The lowest BCUT2D eigenvalue weighted by Gasteiger charge is -2.39. The Balaban J connectivity index is 1.88. The van der Waals surface area contributed by atoms with E-state index >= 15 is 0 Å². The van der Waals surface area contributed by atoms with Crippen LogP contribution in [0.2, 0.25) is 0 Å². The van der Waals surface area contributed by atoms with Gasteiger partial charge in [-0.15, -0.1) is 0 Å². The second kappa shape index (κ2) is 4.45. The first kappa shape index (κ1) is 10.8. The van der Waals surface area contributed by atoms with Crippen molar-refractivity contribution < 1.29 is 0 Å². The van der Waals surface area contributed by atoms with E-state index in [0.717, 1.165) is 18.2 Å². The Kier molecular flexibility index (Phi) is 3.21. The summed E-state index contributed by atoms with van der Waals surface area (Å²) in [6, 6.07) is 0.523. The molecular formula is C10H18N4S. The fourth-order valence-corrected chi connectivity index (χ4v) is 2.50. The van der Waals surface area contributed by atoms with Gasteiger partial charge in [-0.25, -0.2) is 4.98 Å². The molecule has 1 saturated heterocycles. The normalized spacial score (nSPS) is 25.1. The van der Waals surface area contributed by atoms with Crippen LogP contribution in [0.4, 0.5) is 5.13 Å². The third-order valence-corrected chi connectivity index (χ3v) is 3.77. The summed E-state index contributed by atoms with van der Waals surface area (Å²) in [5.74, 6) is 0. The molecule has 1 unspecified atom stereocenters. The molecule has 2 N–H and O–H groups in total. The van der Waals surface area contributed by atoms with Crippen LogP contribution >= 0.6 is 11.5 Å². The highest BCUT2D eigenvalue weighted by Crippen LogP contribution is 2.30. The lowest BCUT2D eigenvalue weighted by atomic mass is 9.77. The first-order valence-electron chi connectivity index (χ1n) is 5.42. The van der Waals surface area contributed by atoms with Crippen molar-refractivity contribution in [3.8, 4) is 0 Å². The van der Waals surface area contributed by atoms with Gasteiger partial charge in [0.2, 0.25) is 5.13 Å². The fraction of sp³-hybridized carbons (Fsp3) is 0.800. The average Bonchev–Trinajstić information content (AvgIpc) is 2.68. The van der Waals surface area contributed by atoms with Gasteiger partial charge in [-0.05, 0) is 24.8 Å². The lowest BCUT2D eigenvalue weighted by Crippen LogP contribution is -2.50. The van der Waals surface area contributed by atoms with E-state index in [1.54, 1.807) is 6.33 Å². The van der Waals surface area contributed by atoms with E-state index in [2.05, 4.69) is 33.8 Å². The van der Waals surface area contributed by atoms with Crippen molar-refractivity contribution in [1.82, 2.24) is 14.7 Å². The molecule has 0 amide bonds. The number of aromatic nitrogens is 2. The van der Waals surface area contributed by atoms with Crippen LogP contribution in [-0.2, 0) is 0 Å². The zero-order valence-corrected chi connectivity index (χ0v) is 10.1. The topological polar surface area (TPSA) is 49.8 Å². The molecule has 0 bridgehead atoms. The molecule has 0 radical (unpaired) electrons. The van der Waals surface area contributed by atoms with E-state index in [9.17, 15) is 0 Å². The number of rotatable bonds is 3. The van der Waals surface area contributed by atoms with E-state index in [0.29, 0.717) is 11.5 Å². The first-order chi connectivity index (χ1) is 7.18. The van der Waals surface area contributed by atoms with Crippen molar-refractivity contribution in [3.05, 3.63) is 6.33 Å². The molecule has 1 fully saturated rings. The molecule has 0 spiro atoms. The predicted molar refractivity (Wildman–Crippen MR) is 63.2 cm³/mol. The Bertz CT molecular complexity index is 296. The van der Waals surface area contributed by atoms with Gasteiger partial charge in [0.05, 0.1) is 0 Å². The number of piperidine rings is 1. The summed E-state index contributed by atoms with van der Waals surface area (Å²) in [5, 5.41) is 7.81. The van der Waals surface area contributed by atoms with Gasteiger partial charge in [-0.3, -0.25) is 0 Å². The van der Waals surface area contributed by atoms with Gasteiger partial charge < -0.3 is 10.6 Å². The molecule has 0 aliphatic carbocycles. The minimum absolute atomic E-state index is 0.371.